The first kappa shape index (κ1) is 24.8. The zero-order valence-electron chi connectivity index (χ0n) is 19.0. The van der Waals surface area contributed by atoms with Crippen molar-refractivity contribution in [3.8, 4) is 0 Å². The summed E-state index contributed by atoms with van der Waals surface area (Å²) in [5, 5.41) is 7.41. The number of nitrogens with one attached hydrogen (secondary N) is 1. The Balaban J connectivity index is 1.65. The van der Waals surface area contributed by atoms with E-state index in [2.05, 4.69) is 30.2 Å². The van der Waals surface area contributed by atoms with Crippen LogP contribution in [0.2, 0.25) is 5.02 Å². The maximum atomic E-state index is 12.2. The molecule has 2 aromatic rings. The molecule has 3 N–H and O–H groups in total. The van der Waals surface area contributed by atoms with Gasteiger partial charge in [-0.15, -0.1) is 0 Å². The highest BCUT2D eigenvalue weighted by atomic mass is 35.5. The summed E-state index contributed by atoms with van der Waals surface area (Å²) >= 11 is 7.57. The van der Waals surface area contributed by atoms with E-state index in [1.54, 1.807) is 24.4 Å². The highest BCUT2D eigenvalue weighted by molar-refractivity contribution is 7.99. The summed E-state index contributed by atoms with van der Waals surface area (Å²) in [7, 11) is 0. The first-order valence-corrected chi connectivity index (χ1v) is 11.6. The molecule has 1 aliphatic heterocycles. The molecule has 1 saturated heterocycles. The van der Waals surface area contributed by atoms with Crippen LogP contribution in [0.15, 0.2) is 39.4 Å². The van der Waals surface area contributed by atoms with E-state index >= 15 is 0 Å². The van der Waals surface area contributed by atoms with Crippen molar-refractivity contribution >= 4 is 46.8 Å². The number of piperidine rings is 1. The second-order valence-electron chi connectivity index (χ2n) is 8.97. The van der Waals surface area contributed by atoms with Gasteiger partial charge in [-0.3, -0.25) is 0 Å². The SMILES string of the molecule is CC1(NC(=O)OC(C)(C)C)CCN(c2cnc(Sc3cccc(N=[N+]=[N-])c3Cl)c(N)n2)CC1. The summed E-state index contributed by atoms with van der Waals surface area (Å²) in [6, 6.07) is 5.17. The maximum Gasteiger partial charge on any atom is 0.408 e. The van der Waals surface area contributed by atoms with Crippen molar-refractivity contribution in [2.24, 2.45) is 5.11 Å². The average molecular weight is 491 g/mol. The van der Waals surface area contributed by atoms with Crippen molar-refractivity contribution < 1.29 is 9.53 Å². The molecule has 0 spiro atoms. The fourth-order valence-corrected chi connectivity index (χ4v) is 4.41. The van der Waals surface area contributed by atoms with Crippen molar-refractivity contribution in [3.63, 3.8) is 0 Å². The summed E-state index contributed by atoms with van der Waals surface area (Å²) in [5.74, 6) is 0.952. The van der Waals surface area contributed by atoms with Gasteiger partial charge >= 0.3 is 6.09 Å². The minimum atomic E-state index is -0.539. The molecule has 0 bridgehead atoms. The van der Waals surface area contributed by atoms with Crippen LogP contribution in [0.4, 0.5) is 22.1 Å². The van der Waals surface area contributed by atoms with Crippen LogP contribution >= 0.6 is 23.4 Å². The van der Waals surface area contributed by atoms with E-state index in [1.807, 2.05) is 27.7 Å². The largest absolute Gasteiger partial charge is 0.444 e. The number of carbonyl (C=O) groups excluding carboxylic acids is 1. The predicted molar refractivity (Wildman–Crippen MR) is 130 cm³/mol. The smallest absolute Gasteiger partial charge is 0.408 e. The van der Waals surface area contributed by atoms with Crippen molar-refractivity contribution in [2.75, 3.05) is 23.7 Å². The first-order chi connectivity index (χ1) is 15.5. The van der Waals surface area contributed by atoms with Crippen LogP contribution in [0.25, 0.3) is 10.4 Å². The average Bonchev–Trinajstić information content (AvgIpc) is 2.71. The van der Waals surface area contributed by atoms with Gasteiger partial charge in [0, 0.05) is 28.4 Å². The summed E-state index contributed by atoms with van der Waals surface area (Å²) in [6.07, 6.45) is 2.72. The molecule has 0 atom stereocenters. The van der Waals surface area contributed by atoms with Crippen molar-refractivity contribution in [2.45, 2.75) is 61.6 Å². The lowest BCUT2D eigenvalue weighted by Gasteiger charge is -2.40. The van der Waals surface area contributed by atoms with E-state index in [-0.39, 0.29) is 11.4 Å². The van der Waals surface area contributed by atoms with Crippen LogP contribution < -0.4 is 16.0 Å². The van der Waals surface area contributed by atoms with Gasteiger partial charge in [-0.2, -0.15) is 0 Å². The molecule has 1 aromatic heterocycles. The molecule has 0 unspecified atom stereocenters. The summed E-state index contributed by atoms with van der Waals surface area (Å²) in [5.41, 5.74) is 14.3. The molecule has 3 rings (SSSR count). The number of nitrogen functional groups attached to an aromatic ring is 1. The summed E-state index contributed by atoms with van der Waals surface area (Å²) in [6.45, 7) is 8.91. The van der Waals surface area contributed by atoms with E-state index < -0.39 is 11.7 Å². The molecular formula is C21H27ClN8O2S. The third kappa shape index (κ3) is 6.56. The molecule has 10 nitrogen and oxygen atoms in total. The van der Waals surface area contributed by atoms with Crippen LogP contribution in [-0.4, -0.2) is 40.3 Å². The standard InChI is InChI=1S/C21H27ClN8O2S/c1-20(2,3)32-19(31)27-21(4)8-10-30(11-9-21)15-12-25-18(17(23)26-15)33-14-7-5-6-13(16(14)22)28-29-24/h5-7,12H,8-11H2,1-4H3,(H2,23,26)(H,27,31). The Hall–Kier alpha value is -2.88. The number of nitrogens with two attached hydrogens (primary N) is 1. The summed E-state index contributed by atoms with van der Waals surface area (Å²) in [4.78, 5) is 26.7. The minimum absolute atomic E-state index is 0.281. The Labute approximate surface area is 201 Å². The molecule has 2 heterocycles. The number of ether oxygens (including phenoxy) is 1. The van der Waals surface area contributed by atoms with E-state index in [4.69, 9.17) is 27.6 Å². The zero-order valence-corrected chi connectivity index (χ0v) is 20.6. The monoisotopic (exact) mass is 490 g/mol. The second kappa shape index (κ2) is 9.94. The molecule has 33 heavy (non-hydrogen) atoms. The van der Waals surface area contributed by atoms with Crippen LogP contribution in [0.3, 0.4) is 0 Å². The van der Waals surface area contributed by atoms with Gasteiger partial charge < -0.3 is 20.7 Å². The fourth-order valence-electron chi connectivity index (χ4n) is 3.33. The van der Waals surface area contributed by atoms with Crippen molar-refractivity contribution in [3.05, 3.63) is 39.9 Å². The van der Waals surface area contributed by atoms with Gasteiger partial charge in [0.15, 0.2) is 5.82 Å². The third-order valence-corrected chi connectivity index (χ3v) is 6.62. The second-order valence-corrected chi connectivity index (χ2v) is 10.4. The van der Waals surface area contributed by atoms with Gasteiger partial charge in [-0.25, -0.2) is 14.8 Å². The van der Waals surface area contributed by atoms with Gasteiger partial charge in [-0.1, -0.05) is 40.6 Å². The number of anilines is 2. The molecule has 0 aliphatic carbocycles. The van der Waals surface area contributed by atoms with Crippen molar-refractivity contribution in [1.82, 2.24) is 15.3 Å². The van der Waals surface area contributed by atoms with Crippen LogP contribution in [0.5, 0.6) is 0 Å². The number of nitrogens with zero attached hydrogens (tertiary/aromatic N) is 6. The van der Waals surface area contributed by atoms with Crippen LogP contribution in [0.1, 0.15) is 40.5 Å². The van der Waals surface area contributed by atoms with Gasteiger partial charge in [0.2, 0.25) is 0 Å². The van der Waals surface area contributed by atoms with Crippen LogP contribution in [-0.2, 0) is 4.74 Å². The number of aromatic nitrogens is 2. The topological polar surface area (TPSA) is 142 Å². The molecule has 1 aromatic carbocycles. The maximum absolute atomic E-state index is 12.2. The number of alkyl carbamates (subject to hydrolysis) is 1. The lowest BCUT2D eigenvalue weighted by atomic mass is 9.90. The lowest BCUT2D eigenvalue weighted by Crippen LogP contribution is -2.54. The number of rotatable bonds is 5. The zero-order chi connectivity index (χ0) is 24.2. The molecule has 0 radical (unpaired) electrons. The fraction of sp³-hybridized carbons (Fsp3) is 0.476. The van der Waals surface area contributed by atoms with Crippen molar-refractivity contribution in [1.29, 1.82) is 0 Å². The Morgan fingerprint density at radius 3 is 2.70 bits per heavy atom. The normalized spacial score (nSPS) is 15.5. The van der Waals surface area contributed by atoms with Gasteiger partial charge in [-0.05, 0) is 52.1 Å². The number of hydrogen-bond acceptors (Lipinski definition) is 8. The highest BCUT2D eigenvalue weighted by Crippen LogP contribution is 2.39. The van der Waals surface area contributed by atoms with E-state index in [0.29, 0.717) is 39.5 Å². The highest BCUT2D eigenvalue weighted by Gasteiger charge is 2.33. The quantitative estimate of drug-likeness (QED) is 0.311. The van der Waals surface area contributed by atoms with E-state index in [9.17, 15) is 4.79 Å². The van der Waals surface area contributed by atoms with Crippen LogP contribution in [0, 0.1) is 0 Å². The molecular weight excluding hydrogens is 464 g/mol. The molecule has 176 valence electrons. The third-order valence-electron chi connectivity index (χ3n) is 5.05. The van der Waals surface area contributed by atoms with Gasteiger partial charge in [0.25, 0.3) is 0 Å². The summed E-state index contributed by atoms with van der Waals surface area (Å²) < 4.78 is 5.39. The number of azide groups is 1. The van der Waals surface area contributed by atoms with Gasteiger partial charge in [0.05, 0.1) is 16.9 Å². The molecule has 12 heteroatoms. The predicted octanol–water partition coefficient (Wildman–Crippen LogP) is 5.69. The lowest BCUT2D eigenvalue weighted by molar-refractivity contribution is 0.0448. The number of halogens is 1. The van der Waals surface area contributed by atoms with Gasteiger partial charge in [0.1, 0.15) is 16.4 Å². The molecule has 0 saturated carbocycles. The molecule has 1 fully saturated rings. The Bertz CT molecular complexity index is 1080. The Morgan fingerprint density at radius 1 is 1.39 bits per heavy atom. The Morgan fingerprint density at radius 2 is 2.09 bits per heavy atom. The minimum Gasteiger partial charge on any atom is -0.444 e. The number of benzene rings is 1. The molecule has 1 amide bonds. The van der Waals surface area contributed by atoms with E-state index in [0.717, 1.165) is 12.8 Å². The number of amides is 1. The number of carbonyl (C=O) groups is 1. The molecule has 1 aliphatic rings. The van der Waals surface area contributed by atoms with E-state index in [1.165, 1.54) is 11.8 Å². The first-order valence-electron chi connectivity index (χ1n) is 10.4. The Kier molecular flexibility index (Phi) is 7.46. The number of hydrogen-bond donors (Lipinski definition) is 2.